The third kappa shape index (κ3) is 4.91. The summed E-state index contributed by atoms with van der Waals surface area (Å²) >= 11 is 0. The number of aromatic nitrogens is 1. The van der Waals surface area contributed by atoms with Gasteiger partial charge in [-0.05, 0) is 48.1 Å². The lowest BCUT2D eigenvalue weighted by Gasteiger charge is -2.42. The molecule has 0 spiro atoms. The van der Waals surface area contributed by atoms with E-state index in [2.05, 4.69) is 35.1 Å². The second-order valence-electron chi connectivity index (χ2n) is 7.66. The van der Waals surface area contributed by atoms with Gasteiger partial charge in [0.25, 0.3) is 0 Å². The van der Waals surface area contributed by atoms with Crippen molar-refractivity contribution in [3.8, 4) is 11.1 Å². The molecule has 0 radical (unpaired) electrons. The monoisotopic (exact) mass is 391 g/mol. The van der Waals surface area contributed by atoms with Crippen molar-refractivity contribution in [2.75, 3.05) is 19.6 Å². The predicted molar refractivity (Wildman–Crippen MR) is 115 cm³/mol. The van der Waals surface area contributed by atoms with Gasteiger partial charge >= 0.3 is 0 Å². The van der Waals surface area contributed by atoms with Crippen LogP contribution in [-0.2, 0) is 16.0 Å². The van der Waals surface area contributed by atoms with Gasteiger partial charge in [0.05, 0.1) is 5.41 Å². The zero-order valence-electron chi connectivity index (χ0n) is 17.1. The molecule has 5 nitrogen and oxygen atoms in total. The highest BCUT2D eigenvalue weighted by molar-refractivity contribution is 5.85. The maximum atomic E-state index is 13.2. The SMILES string of the molecule is C=CCNC(=O)[C@]1(Cc2cccc(-c3ccncc3)c2)CCCN(C(=O)CC)C1. The molecule has 3 rings (SSSR count). The van der Waals surface area contributed by atoms with Gasteiger partial charge in [-0.15, -0.1) is 6.58 Å². The van der Waals surface area contributed by atoms with Gasteiger partial charge in [0.15, 0.2) is 0 Å². The molecule has 0 aliphatic carbocycles. The quantitative estimate of drug-likeness (QED) is 0.734. The fourth-order valence-electron chi connectivity index (χ4n) is 4.13. The number of rotatable bonds is 7. The molecule has 29 heavy (non-hydrogen) atoms. The molecule has 152 valence electrons. The van der Waals surface area contributed by atoms with Gasteiger partial charge in [-0.25, -0.2) is 0 Å². The summed E-state index contributed by atoms with van der Waals surface area (Å²) in [7, 11) is 0. The maximum absolute atomic E-state index is 13.2. The molecule has 1 atom stereocenters. The van der Waals surface area contributed by atoms with Crippen LogP contribution >= 0.6 is 0 Å². The van der Waals surface area contributed by atoms with Crippen molar-refractivity contribution >= 4 is 11.8 Å². The van der Waals surface area contributed by atoms with Gasteiger partial charge in [0, 0.05) is 38.4 Å². The smallest absolute Gasteiger partial charge is 0.228 e. The van der Waals surface area contributed by atoms with Crippen LogP contribution in [0.25, 0.3) is 11.1 Å². The van der Waals surface area contributed by atoms with E-state index in [-0.39, 0.29) is 11.8 Å². The first-order valence-electron chi connectivity index (χ1n) is 10.2. The third-order valence-electron chi connectivity index (χ3n) is 5.60. The van der Waals surface area contributed by atoms with Gasteiger partial charge in [0.1, 0.15) is 0 Å². The van der Waals surface area contributed by atoms with Crippen molar-refractivity contribution in [1.82, 2.24) is 15.2 Å². The summed E-state index contributed by atoms with van der Waals surface area (Å²) in [6.07, 6.45) is 7.90. The van der Waals surface area contributed by atoms with Crippen LogP contribution in [0, 0.1) is 5.41 Å². The van der Waals surface area contributed by atoms with E-state index in [1.807, 2.05) is 30.0 Å². The van der Waals surface area contributed by atoms with Crippen molar-refractivity contribution in [3.63, 3.8) is 0 Å². The minimum absolute atomic E-state index is 0.000294. The van der Waals surface area contributed by atoms with Crippen LogP contribution in [0.4, 0.5) is 0 Å². The third-order valence-corrected chi connectivity index (χ3v) is 5.60. The summed E-state index contributed by atoms with van der Waals surface area (Å²) in [5, 5.41) is 2.98. The fourth-order valence-corrected chi connectivity index (χ4v) is 4.13. The molecular formula is C24H29N3O2. The Morgan fingerprint density at radius 1 is 1.24 bits per heavy atom. The van der Waals surface area contributed by atoms with E-state index in [9.17, 15) is 9.59 Å². The molecule has 1 aliphatic rings. The van der Waals surface area contributed by atoms with E-state index < -0.39 is 5.41 Å². The Balaban J connectivity index is 1.90. The maximum Gasteiger partial charge on any atom is 0.228 e. The van der Waals surface area contributed by atoms with E-state index in [0.717, 1.165) is 36.1 Å². The molecule has 1 aromatic heterocycles. The number of nitrogens with zero attached hydrogens (tertiary/aromatic N) is 2. The number of pyridine rings is 1. The van der Waals surface area contributed by atoms with E-state index in [4.69, 9.17) is 0 Å². The van der Waals surface area contributed by atoms with E-state index in [0.29, 0.717) is 25.9 Å². The Hall–Kier alpha value is -2.95. The van der Waals surface area contributed by atoms with Crippen molar-refractivity contribution in [2.45, 2.75) is 32.6 Å². The van der Waals surface area contributed by atoms with Crippen LogP contribution in [0.3, 0.4) is 0 Å². The molecule has 2 aromatic rings. The van der Waals surface area contributed by atoms with Crippen molar-refractivity contribution in [3.05, 3.63) is 67.0 Å². The standard InChI is InChI=1S/C24H29N3O2/c1-3-12-26-23(29)24(11-6-15-27(18-24)22(28)4-2)17-19-7-5-8-21(16-19)20-9-13-25-14-10-20/h3,5,7-10,13-14,16H,1,4,6,11-12,15,17-18H2,2H3,(H,26,29)/t24-/m0/s1. The van der Waals surface area contributed by atoms with Crippen LogP contribution in [0.15, 0.2) is 61.4 Å². The summed E-state index contributed by atoms with van der Waals surface area (Å²) in [6, 6.07) is 12.3. The van der Waals surface area contributed by atoms with E-state index in [1.54, 1.807) is 18.5 Å². The predicted octanol–water partition coefficient (Wildman–Crippen LogP) is 3.61. The Morgan fingerprint density at radius 2 is 2.03 bits per heavy atom. The first-order chi connectivity index (χ1) is 14.1. The highest BCUT2D eigenvalue weighted by atomic mass is 16.2. The number of carbonyl (C=O) groups excluding carboxylic acids is 2. The van der Waals surface area contributed by atoms with Crippen LogP contribution in [0.5, 0.6) is 0 Å². The van der Waals surface area contributed by atoms with E-state index in [1.165, 1.54) is 0 Å². The average molecular weight is 392 g/mol. The fraction of sp³-hybridized carbons (Fsp3) is 0.375. The topological polar surface area (TPSA) is 62.3 Å². The first kappa shape index (κ1) is 20.8. The Kier molecular flexibility index (Phi) is 6.81. The second-order valence-corrected chi connectivity index (χ2v) is 7.66. The summed E-state index contributed by atoms with van der Waals surface area (Å²) < 4.78 is 0. The number of nitrogens with one attached hydrogen (secondary N) is 1. The van der Waals surface area contributed by atoms with Gasteiger partial charge < -0.3 is 10.2 Å². The molecule has 1 fully saturated rings. The molecule has 0 saturated carbocycles. The molecule has 0 bridgehead atoms. The summed E-state index contributed by atoms with van der Waals surface area (Å²) in [4.78, 5) is 31.5. The Bertz CT molecular complexity index is 865. The highest BCUT2D eigenvalue weighted by Gasteiger charge is 2.43. The largest absolute Gasteiger partial charge is 0.352 e. The number of hydrogen-bond donors (Lipinski definition) is 1. The molecule has 0 unspecified atom stereocenters. The molecule has 5 heteroatoms. The number of benzene rings is 1. The van der Waals surface area contributed by atoms with Crippen molar-refractivity contribution in [2.24, 2.45) is 5.41 Å². The lowest BCUT2D eigenvalue weighted by Crippen LogP contribution is -2.54. The lowest BCUT2D eigenvalue weighted by atomic mass is 9.74. The average Bonchev–Trinajstić information content (AvgIpc) is 2.77. The second kappa shape index (κ2) is 9.50. The van der Waals surface area contributed by atoms with Crippen LogP contribution < -0.4 is 5.32 Å². The van der Waals surface area contributed by atoms with Gasteiger partial charge in [-0.2, -0.15) is 0 Å². The minimum atomic E-state index is -0.622. The first-order valence-corrected chi connectivity index (χ1v) is 10.2. The number of amides is 2. The summed E-state index contributed by atoms with van der Waals surface area (Å²) in [6.45, 7) is 7.18. The van der Waals surface area contributed by atoms with Gasteiger partial charge in [-0.1, -0.05) is 37.3 Å². The molecule has 1 saturated heterocycles. The summed E-state index contributed by atoms with van der Waals surface area (Å²) in [5.41, 5.74) is 2.67. The van der Waals surface area contributed by atoms with Crippen LogP contribution in [-0.4, -0.2) is 41.3 Å². The highest BCUT2D eigenvalue weighted by Crippen LogP contribution is 2.35. The summed E-state index contributed by atoms with van der Waals surface area (Å²) in [5.74, 6) is 0.108. The normalized spacial score (nSPS) is 18.9. The lowest BCUT2D eigenvalue weighted by molar-refractivity contribution is -0.141. The minimum Gasteiger partial charge on any atom is -0.352 e. The number of carbonyl (C=O) groups is 2. The molecule has 1 N–H and O–H groups in total. The Morgan fingerprint density at radius 3 is 2.76 bits per heavy atom. The van der Waals surface area contributed by atoms with Crippen molar-refractivity contribution < 1.29 is 9.59 Å². The zero-order chi connectivity index (χ0) is 20.7. The molecule has 1 aromatic carbocycles. The zero-order valence-corrected chi connectivity index (χ0v) is 17.1. The molecular weight excluding hydrogens is 362 g/mol. The Labute approximate surface area is 172 Å². The number of piperidine rings is 1. The van der Waals surface area contributed by atoms with Gasteiger partial charge in [0.2, 0.25) is 11.8 Å². The molecule has 2 heterocycles. The number of likely N-dealkylation sites (tertiary alicyclic amines) is 1. The van der Waals surface area contributed by atoms with Crippen molar-refractivity contribution in [1.29, 1.82) is 0 Å². The molecule has 1 aliphatic heterocycles. The number of hydrogen-bond acceptors (Lipinski definition) is 3. The van der Waals surface area contributed by atoms with Crippen LogP contribution in [0.1, 0.15) is 31.7 Å². The van der Waals surface area contributed by atoms with E-state index >= 15 is 0 Å². The van der Waals surface area contributed by atoms with Gasteiger partial charge in [-0.3, -0.25) is 14.6 Å². The molecule has 2 amide bonds. The van der Waals surface area contributed by atoms with Crippen LogP contribution in [0.2, 0.25) is 0 Å².